The summed E-state index contributed by atoms with van der Waals surface area (Å²) in [5, 5.41) is 8.06. The maximum absolute atomic E-state index is 13.4. The van der Waals surface area contributed by atoms with E-state index in [-0.39, 0.29) is 29.5 Å². The smallest absolute Gasteiger partial charge is 0.335 e. The van der Waals surface area contributed by atoms with Gasteiger partial charge < -0.3 is 4.90 Å². The highest BCUT2D eigenvalue weighted by Gasteiger charge is 2.45. The molecule has 1 saturated carbocycles. The highest BCUT2D eigenvalue weighted by atomic mass is 19.4. The fourth-order valence-corrected chi connectivity index (χ4v) is 4.96. The van der Waals surface area contributed by atoms with Gasteiger partial charge in [0.1, 0.15) is 0 Å². The van der Waals surface area contributed by atoms with Crippen molar-refractivity contribution in [3.63, 3.8) is 0 Å². The van der Waals surface area contributed by atoms with Gasteiger partial charge in [-0.3, -0.25) is 9.20 Å². The number of carbonyl (C=O) groups is 1. The number of rotatable bonds is 2. The van der Waals surface area contributed by atoms with Crippen molar-refractivity contribution in [1.82, 2.24) is 19.5 Å². The van der Waals surface area contributed by atoms with E-state index in [4.69, 9.17) is 0 Å². The molecule has 3 aromatic rings. The van der Waals surface area contributed by atoms with E-state index in [1.807, 2.05) is 12.1 Å². The van der Waals surface area contributed by atoms with Crippen molar-refractivity contribution in [2.45, 2.75) is 24.9 Å². The second-order valence-electron chi connectivity index (χ2n) is 7.94. The van der Waals surface area contributed by atoms with Crippen LogP contribution in [0, 0.1) is 11.8 Å². The Morgan fingerprint density at radius 1 is 0.966 bits per heavy atom. The lowest BCUT2D eigenvalue weighted by Gasteiger charge is -2.21. The Morgan fingerprint density at radius 3 is 2.38 bits per heavy atom. The van der Waals surface area contributed by atoms with E-state index in [1.165, 1.54) is 6.07 Å². The topological polar surface area (TPSA) is 50.5 Å². The average molecular weight is 400 g/mol. The second-order valence-corrected chi connectivity index (χ2v) is 7.94. The molecule has 5 nitrogen and oxygen atoms in total. The first-order valence-electron chi connectivity index (χ1n) is 9.67. The number of amides is 1. The molecule has 0 bridgehead atoms. The van der Waals surface area contributed by atoms with Gasteiger partial charge in [-0.2, -0.15) is 13.2 Å². The van der Waals surface area contributed by atoms with Crippen LogP contribution >= 0.6 is 0 Å². The fraction of sp³-hybridized carbons (Fsp3) is 0.381. The molecule has 8 heteroatoms. The monoisotopic (exact) mass is 400 g/mol. The summed E-state index contributed by atoms with van der Waals surface area (Å²) in [5.74, 6) is 0.410. The number of likely N-dealkylation sites (tertiary alicyclic amines) is 1. The molecule has 3 heterocycles. The van der Waals surface area contributed by atoms with Crippen LogP contribution in [0.2, 0.25) is 0 Å². The normalized spacial score (nSPS) is 24.2. The zero-order chi connectivity index (χ0) is 20.2. The van der Waals surface area contributed by atoms with Crippen molar-refractivity contribution in [3.8, 4) is 0 Å². The number of hydrogen-bond donors (Lipinski definition) is 0. The molecule has 29 heavy (non-hydrogen) atoms. The quantitative estimate of drug-likeness (QED) is 0.653. The third kappa shape index (κ3) is 3.07. The molecule has 1 aliphatic carbocycles. The number of pyridine rings is 1. The summed E-state index contributed by atoms with van der Waals surface area (Å²) in [6, 6.07) is 11.3. The highest BCUT2D eigenvalue weighted by molar-refractivity contribution is 5.91. The molecule has 2 aliphatic rings. The molecule has 1 unspecified atom stereocenters. The van der Waals surface area contributed by atoms with Crippen molar-refractivity contribution in [2.75, 3.05) is 13.1 Å². The van der Waals surface area contributed by atoms with Crippen LogP contribution < -0.4 is 0 Å². The maximum atomic E-state index is 13.4. The van der Waals surface area contributed by atoms with Crippen molar-refractivity contribution in [2.24, 2.45) is 11.8 Å². The van der Waals surface area contributed by atoms with Gasteiger partial charge >= 0.3 is 6.18 Å². The first-order valence-corrected chi connectivity index (χ1v) is 9.67. The molecule has 150 valence electrons. The van der Waals surface area contributed by atoms with Crippen LogP contribution in [0.25, 0.3) is 5.65 Å². The Kier molecular flexibility index (Phi) is 4.11. The predicted molar refractivity (Wildman–Crippen MR) is 99.3 cm³/mol. The minimum Gasteiger partial charge on any atom is -0.335 e. The highest BCUT2D eigenvalue weighted by Crippen LogP contribution is 2.48. The Bertz CT molecular complexity index is 1060. The van der Waals surface area contributed by atoms with Crippen molar-refractivity contribution in [1.29, 1.82) is 0 Å². The molecule has 1 saturated heterocycles. The molecule has 0 radical (unpaired) electrons. The number of carbonyl (C=O) groups excluding carboxylic acids is 1. The van der Waals surface area contributed by atoms with Gasteiger partial charge in [0.15, 0.2) is 5.65 Å². The zero-order valence-corrected chi connectivity index (χ0v) is 15.5. The van der Waals surface area contributed by atoms with Crippen LogP contribution in [0.3, 0.4) is 0 Å². The standard InChI is InChI=1S/C21H19F3N4O/c22-21(23,24)17-6-2-1-5-16(17)13-9-14-11-27(12-15(14)10-13)20(29)19-26-25-18-7-3-4-8-28(18)19/h1-8,13-15H,9-12H2/t13?,14-,15+. The van der Waals surface area contributed by atoms with Gasteiger partial charge in [-0.1, -0.05) is 24.3 Å². The van der Waals surface area contributed by atoms with E-state index in [1.54, 1.807) is 33.7 Å². The van der Waals surface area contributed by atoms with Crippen LogP contribution in [0.1, 0.15) is 40.5 Å². The van der Waals surface area contributed by atoms with Gasteiger partial charge in [0.05, 0.1) is 5.56 Å². The Hall–Kier alpha value is -2.90. The van der Waals surface area contributed by atoms with E-state index in [9.17, 15) is 18.0 Å². The molecule has 0 N–H and O–H groups in total. The molecular weight excluding hydrogens is 381 g/mol. The first-order chi connectivity index (χ1) is 13.9. The van der Waals surface area contributed by atoms with Crippen LogP contribution in [0.5, 0.6) is 0 Å². The van der Waals surface area contributed by atoms with Gasteiger partial charge in [0.2, 0.25) is 5.82 Å². The minimum absolute atomic E-state index is 0.117. The first kappa shape index (κ1) is 18.1. The number of halogens is 3. The summed E-state index contributed by atoms with van der Waals surface area (Å²) in [5.41, 5.74) is 0.461. The van der Waals surface area contributed by atoms with Crippen LogP contribution in [0.15, 0.2) is 48.7 Å². The number of fused-ring (bicyclic) bond motifs is 2. The van der Waals surface area contributed by atoms with Crippen molar-refractivity contribution < 1.29 is 18.0 Å². The summed E-state index contributed by atoms with van der Waals surface area (Å²) in [4.78, 5) is 14.7. The van der Waals surface area contributed by atoms with E-state index in [0.29, 0.717) is 37.1 Å². The molecule has 2 aromatic heterocycles. The number of alkyl halides is 3. The van der Waals surface area contributed by atoms with E-state index in [2.05, 4.69) is 10.2 Å². The Morgan fingerprint density at radius 2 is 1.66 bits per heavy atom. The van der Waals surface area contributed by atoms with E-state index in [0.717, 1.165) is 6.07 Å². The van der Waals surface area contributed by atoms with Crippen LogP contribution in [-0.2, 0) is 6.18 Å². The van der Waals surface area contributed by atoms with Crippen molar-refractivity contribution >= 4 is 11.6 Å². The summed E-state index contributed by atoms with van der Waals surface area (Å²) in [6.45, 7) is 1.10. The maximum Gasteiger partial charge on any atom is 0.416 e. The minimum atomic E-state index is -4.34. The Balaban J connectivity index is 1.33. The number of benzene rings is 1. The second kappa shape index (κ2) is 6.57. The molecule has 1 aliphatic heterocycles. The molecular formula is C21H19F3N4O. The molecule has 1 amide bonds. The van der Waals surface area contributed by atoms with Crippen LogP contribution in [0.4, 0.5) is 13.2 Å². The lowest BCUT2D eigenvalue weighted by molar-refractivity contribution is -0.138. The SMILES string of the molecule is O=C(c1nnc2ccccn12)N1C[C@H]2CC(c3ccccc3C(F)(F)F)C[C@H]2C1. The fourth-order valence-electron chi connectivity index (χ4n) is 4.96. The third-order valence-corrected chi connectivity index (χ3v) is 6.25. The third-order valence-electron chi connectivity index (χ3n) is 6.25. The number of nitrogens with zero attached hydrogens (tertiary/aromatic N) is 4. The Labute approximate surface area is 165 Å². The average Bonchev–Trinajstić information content (AvgIpc) is 3.39. The summed E-state index contributed by atoms with van der Waals surface area (Å²) < 4.78 is 41.8. The molecule has 1 aromatic carbocycles. The summed E-state index contributed by atoms with van der Waals surface area (Å²) in [7, 11) is 0. The predicted octanol–water partition coefficient (Wildman–Crippen LogP) is 4.01. The van der Waals surface area contributed by atoms with Gasteiger partial charge in [-0.15, -0.1) is 10.2 Å². The van der Waals surface area contributed by atoms with Crippen molar-refractivity contribution in [3.05, 3.63) is 65.6 Å². The van der Waals surface area contributed by atoms with Gasteiger partial charge in [0, 0.05) is 19.3 Å². The lowest BCUT2D eigenvalue weighted by Crippen LogP contribution is -2.31. The summed E-state index contributed by atoms with van der Waals surface area (Å²) in [6.07, 6.45) is -1.25. The number of aromatic nitrogens is 3. The summed E-state index contributed by atoms with van der Waals surface area (Å²) >= 11 is 0. The molecule has 3 atom stereocenters. The van der Waals surface area contributed by atoms with E-state index >= 15 is 0 Å². The van der Waals surface area contributed by atoms with Gasteiger partial charge in [-0.25, -0.2) is 0 Å². The van der Waals surface area contributed by atoms with Gasteiger partial charge in [-0.05, 0) is 54.4 Å². The molecule has 2 fully saturated rings. The van der Waals surface area contributed by atoms with Crippen LogP contribution in [-0.4, -0.2) is 38.5 Å². The zero-order valence-electron chi connectivity index (χ0n) is 15.5. The van der Waals surface area contributed by atoms with E-state index < -0.39 is 11.7 Å². The van der Waals surface area contributed by atoms with Gasteiger partial charge in [0.25, 0.3) is 5.91 Å². The number of hydrogen-bond acceptors (Lipinski definition) is 3. The largest absolute Gasteiger partial charge is 0.416 e. The lowest BCUT2D eigenvalue weighted by atomic mass is 9.91. The molecule has 5 rings (SSSR count). The molecule has 0 spiro atoms.